The van der Waals surface area contributed by atoms with Crippen molar-refractivity contribution in [2.45, 2.75) is 25.3 Å². The summed E-state index contributed by atoms with van der Waals surface area (Å²) in [4.78, 5) is 15.5. The minimum atomic E-state index is -0.647. The molecule has 4 nitrogen and oxygen atoms in total. The van der Waals surface area contributed by atoms with Gasteiger partial charge < -0.3 is 10.0 Å². The zero-order valence-corrected chi connectivity index (χ0v) is 9.35. The summed E-state index contributed by atoms with van der Waals surface area (Å²) in [6.45, 7) is 4.21. The summed E-state index contributed by atoms with van der Waals surface area (Å²) in [6, 6.07) is 0.302. The Bertz CT molecular complexity index is 233. The van der Waals surface area contributed by atoms with Crippen molar-refractivity contribution >= 4 is 5.97 Å². The Kier molecular flexibility index (Phi) is 3.26. The van der Waals surface area contributed by atoms with Gasteiger partial charge in [-0.15, -0.1) is 0 Å². The Labute approximate surface area is 90.9 Å². The van der Waals surface area contributed by atoms with Crippen molar-refractivity contribution < 1.29 is 9.90 Å². The van der Waals surface area contributed by atoms with Gasteiger partial charge in [0.05, 0.1) is 6.42 Å². The predicted octanol–water partition coefficient (Wildman–Crippen LogP) is 0.487. The van der Waals surface area contributed by atoms with Crippen LogP contribution in [0.1, 0.15) is 19.3 Å². The van der Waals surface area contributed by atoms with E-state index in [1.807, 2.05) is 0 Å². The number of carbonyl (C=O) groups is 1. The molecule has 0 spiro atoms. The molecule has 0 amide bonds. The third kappa shape index (κ3) is 2.92. The molecule has 1 atom stereocenters. The summed E-state index contributed by atoms with van der Waals surface area (Å²) in [5.41, 5.74) is 0. The van der Waals surface area contributed by atoms with Gasteiger partial charge in [-0.3, -0.25) is 9.69 Å². The Morgan fingerprint density at radius 2 is 1.93 bits per heavy atom. The summed E-state index contributed by atoms with van der Waals surface area (Å²) in [5, 5.41) is 8.91. The van der Waals surface area contributed by atoms with E-state index in [1.165, 1.54) is 12.8 Å². The molecule has 2 fully saturated rings. The van der Waals surface area contributed by atoms with Gasteiger partial charge >= 0.3 is 5.97 Å². The third-order valence-electron chi connectivity index (χ3n) is 3.56. The highest BCUT2D eigenvalue weighted by molar-refractivity contribution is 5.67. The fourth-order valence-corrected chi connectivity index (χ4v) is 2.41. The van der Waals surface area contributed by atoms with Crippen molar-refractivity contribution in [3.8, 4) is 0 Å². The molecule has 1 saturated heterocycles. The van der Waals surface area contributed by atoms with E-state index >= 15 is 0 Å². The maximum atomic E-state index is 10.8. The van der Waals surface area contributed by atoms with E-state index in [1.54, 1.807) is 0 Å². The van der Waals surface area contributed by atoms with Crippen LogP contribution in [0.15, 0.2) is 0 Å². The van der Waals surface area contributed by atoms with Gasteiger partial charge in [-0.2, -0.15) is 0 Å². The number of nitrogens with zero attached hydrogens (tertiary/aromatic N) is 2. The maximum Gasteiger partial charge on any atom is 0.304 e. The molecule has 86 valence electrons. The second kappa shape index (κ2) is 4.49. The van der Waals surface area contributed by atoms with Gasteiger partial charge in [-0.1, -0.05) is 0 Å². The van der Waals surface area contributed by atoms with E-state index < -0.39 is 5.97 Å². The summed E-state index contributed by atoms with van der Waals surface area (Å²) in [7, 11) is 2.13. The third-order valence-corrected chi connectivity index (χ3v) is 3.56. The lowest BCUT2D eigenvalue weighted by Gasteiger charge is -2.37. The van der Waals surface area contributed by atoms with Crippen LogP contribution in [-0.2, 0) is 4.79 Å². The molecule has 2 aliphatic rings. The van der Waals surface area contributed by atoms with Crippen LogP contribution in [0.25, 0.3) is 0 Å². The van der Waals surface area contributed by atoms with Crippen molar-refractivity contribution in [3.63, 3.8) is 0 Å². The maximum absolute atomic E-state index is 10.8. The molecule has 1 aliphatic heterocycles. The van der Waals surface area contributed by atoms with Crippen LogP contribution < -0.4 is 0 Å². The number of carboxylic acid groups (broad SMARTS) is 1. The van der Waals surface area contributed by atoms with Crippen molar-refractivity contribution in [2.24, 2.45) is 5.92 Å². The lowest BCUT2D eigenvalue weighted by Crippen LogP contribution is -2.50. The molecule has 1 N–H and O–H groups in total. The number of hydrogen-bond acceptors (Lipinski definition) is 3. The first-order valence-electron chi connectivity index (χ1n) is 5.81. The highest BCUT2D eigenvalue weighted by atomic mass is 16.4. The molecule has 0 aromatic heterocycles. The van der Waals surface area contributed by atoms with Crippen molar-refractivity contribution in [1.29, 1.82) is 0 Å². The first-order chi connectivity index (χ1) is 7.16. The SMILES string of the molecule is CN1CCN(C(CC(=O)O)C2CC2)CC1. The Morgan fingerprint density at radius 3 is 2.40 bits per heavy atom. The van der Waals surface area contributed by atoms with Gasteiger partial charge in [-0.25, -0.2) is 0 Å². The minimum absolute atomic E-state index is 0.302. The molecule has 15 heavy (non-hydrogen) atoms. The van der Waals surface area contributed by atoms with Gasteiger partial charge in [0, 0.05) is 32.2 Å². The fraction of sp³-hybridized carbons (Fsp3) is 0.909. The summed E-state index contributed by atoms with van der Waals surface area (Å²) in [6.07, 6.45) is 2.78. The van der Waals surface area contributed by atoms with E-state index in [4.69, 9.17) is 5.11 Å². The van der Waals surface area contributed by atoms with Gasteiger partial charge in [0.2, 0.25) is 0 Å². The standard InChI is InChI=1S/C11H20N2O2/c1-12-4-6-13(7-5-12)10(8-11(14)15)9-2-3-9/h9-10H,2-8H2,1H3,(H,14,15). The van der Waals surface area contributed by atoms with E-state index in [0.29, 0.717) is 18.4 Å². The van der Waals surface area contributed by atoms with Crippen molar-refractivity contribution in [1.82, 2.24) is 9.80 Å². The van der Waals surface area contributed by atoms with Crippen LogP contribution in [0.4, 0.5) is 0 Å². The molecule has 0 radical (unpaired) electrons. The van der Waals surface area contributed by atoms with Gasteiger partial charge in [-0.05, 0) is 25.8 Å². The largest absolute Gasteiger partial charge is 0.481 e. The zero-order chi connectivity index (χ0) is 10.8. The van der Waals surface area contributed by atoms with E-state index in [0.717, 1.165) is 26.2 Å². The zero-order valence-electron chi connectivity index (χ0n) is 9.35. The average Bonchev–Trinajstić information content (AvgIpc) is 2.99. The molecular weight excluding hydrogens is 192 g/mol. The second-order valence-electron chi connectivity index (χ2n) is 4.84. The Balaban J connectivity index is 1.89. The van der Waals surface area contributed by atoms with E-state index in [9.17, 15) is 4.79 Å². The molecule has 4 heteroatoms. The minimum Gasteiger partial charge on any atom is -0.481 e. The van der Waals surface area contributed by atoms with Gasteiger partial charge in [0.15, 0.2) is 0 Å². The number of piperazine rings is 1. The predicted molar refractivity (Wildman–Crippen MR) is 57.8 cm³/mol. The quantitative estimate of drug-likeness (QED) is 0.736. The normalized spacial score (nSPS) is 26.5. The molecule has 1 heterocycles. The molecule has 2 rings (SSSR count). The van der Waals surface area contributed by atoms with Crippen molar-refractivity contribution in [3.05, 3.63) is 0 Å². The smallest absolute Gasteiger partial charge is 0.304 e. The first kappa shape index (κ1) is 10.9. The molecule has 1 aliphatic carbocycles. The van der Waals surface area contributed by atoms with Gasteiger partial charge in [0.25, 0.3) is 0 Å². The van der Waals surface area contributed by atoms with Crippen LogP contribution >= 0.6 is 0 Å². The fourth-order valence-electron chi connectivity index (χ4n) is 2.41. The number of hydrogen-bond donors (Lipinski definition) is 1. The summed E-state index contributed by atoms with van der Waals surface area (Å²) < 4.78 is 0. The summed E-state index contributed by atoms with van der Waals surface area (Å²) >= 11 is 0. The van der Waals surface area contributed by atoms with E-state index in [2.05, 4.69) is 16.8 Å². The first-order valence-corrected chi connectivity index (χ1v) is 5.81. The van der Waals surface area contributed by atoms with E-state index in [-0.39, 0.29) is 0 Å². The van der Waals surface area contributed by atoms with Crippen LogP contribution in [0.5, 0.6) is 0 Å². The monoisotopic (exact) mass is 212 g/mol. The number of likely N-dealkylation sites (N-methyl/N-ethyl adjacent to an activating group) is 1. The Hall–Kier alpha value is -0.610. The molecule has 1 unspecified atom stereocenters. The summed E-state index contributed by atoms with van der Waals surface area (Å²) in [5.74, 6) is 0.00957. The highest BCUT2D eigenvalue weighted by Gasteiger charge is 2.37. The van der Waals surface area contributed by atoms with Gasteiger partial charge in [0.1, 0.15) is 0 Å². The average molecular weight is 212 g/mol. The van der Waals surface area contributed by atoms with Crippen LogP contribution in [0.2, 0.25) is 0 Å². The lowest BCUT2D eigenvalue weighted by molar-refractivity contribution is -0.138. The molecule has 0 bridgehead atoms. The molecule has 0 aromatic rings. The topological polar surface area (TPSA) is 43.8 Å². The molecular formula is C11H20N2O2. The Morgan fingerprint density at radius 1 is 1.33 bits per heavy atom. The van der Waals surface area contributed by atoms with Crippen LogP contribution in [-0.4, -0.2) is 60.1 Å². The number of rotatable bonds is 4. The van der Waals surface area contributed by atoms with Crippen molar-refractivity contribution in [2.75, 3.05) is 33.2 Å². The van der Waals surface area contributed by atoms with Crippen LogP contribution in [0, 0.1) is 5.92 Å². The van der Waals surface area contributed by atoms with Crippen LogP contribution in [0.3, 0.4) is 0 Å². The lowest BCUT2D eigenvalue weighted by atomic mass is 10.1. The molecule has 1 saturated carbocycles. The second-order valence-corrected chi connectivity index (χ2v) is 4.84. The number of carboxylic acids is 1. The highest BCUT2D eigenvalue weighted by Crippen LogP contribution is 2.37. The molecule has 0 aromatic carbocycles. The number of aliphatic carboxylic acids is 1.